The van der Waals surface area contributed by atoms with Crippen molar-refractivity contribution < 1.29 is 48.0 Å². The minimum atomic E-state index is -0.861. The molecule has 0 radical (unpaired) electrons. The van der Waals surface area contributed by atoms with Crippen molar-refractivity contribution >= 4 is 50.5 Å². The molecular formula is C75H71F3N6O7. The molecule has 0 aliphatic heterocycles. The Morgan fingerprint density at radius 1 is 0.374 bits per heavy atom. The predicted octanol–water partition coefficient (Wildman–Crippen LogP) is 13.9. The minimum absolute atomic E-state index is 0.00398. The van der Waals surface area contributed by atoms with E-state index < -0.39 is 18.1 Å². The third kappa shape index (κ3) is 17.5. The number of carboxylic acid groups (broad SMARTS) is 1. The monoisotopic (exact) mass is 1220 g/mol. The van der Waals surface area contributed by atoms with Crippen LogP contribution in [0.2, 0.25) is 0 Å². The molecule has 2 amide bonds. The number of aliphatic hydroxyl groups is 3. The molecule has 0 bridgehead atoms. The molecule has 3 aromatic heterocycles. The summed E-state index contributed by atoms with van der Waals surface area (Å²) >= 11 is 0. The number of nitrogens with two attached hydrogens (primary N) is 1. The van der Waals surface area contributed by atoms with Crippen LogP contribution in [-0.4, -0.2) is 73.0 Å². The maximum absolute atomic E-state index is 13.6. The molecule has 91 heavy (non-hydrogen) atoms. The molecule has 16 heteroatoms. The van der Waals surface area contributed by atoms with Gasteiger partial charge in [0.2, 0.25) is 11.8 Å². The summed E-state index contributed by atoms with van der Waals surface area (Å²) in [6.07, 6.45) is 5.86. The number of amides is 2. The average molecular weight is 1230 g/mol. The molecule has 3 heterocycles. The number of aromatic nitrogens is 3. The fraction of sp³-hybridized carbons (Fsp3) is 0.160. The maximum atomic E-state index is 13.6. The first-order valence-electron chi connectivity index (χ1n) is 29.8. The number of carbonyl (C=O) groups is 3. The van der Waals surface area contributed by atoms with Gasteiger partial charge in [-0.3, -0.25) is 14.4 Å². The first-order valence-corrected chi connectivity index (χ1v) is 29.8. The van der Waals surface area contributed by atoms with Crippen LogP contribution >= 0.6 is 0 Å². The van der Waals surface area contributed by atoms with Gasteiger partial charge in [-0.1, -0.05) is 182 Å². The summed E-state index contributed by atoms with van der Waals surface area (Å²) in [5.74, 6) is -2.79. The molecule has 3 unspecified atom stereocenters. The lowest BCUT2D eigenvalue weighted by molar-refractivity contribution is -0.137. The van der Waals surface area contributed by atoms with Crippen molar-refractivity contribution in [2.75, 3.05) is 19.8 Å². The van der Waals surface area contributed by atoms with E-state index in [1.54, 1.807) is 24.4 Å². The lowest BCUT2D eigenvalue weighted by Crippen LogP contribution is -2.31. The lowest BCUT2D eigenvalue weighted by atomic mass is 9.88. The van der Waals surface area contributed by atoms with Gasteiger partial charge in [0.25, 0.3) is 0 Å². The predicted molar refractivity (Wildman–Crippen MR) is 350 cm³/mol. The molecule has 13 nitrogen and oxygen atoms in total. The Morgan fingerprint density at radius 2 is 0.648 bits per heavy atom. The quantitative estimate of drug-likeness (QED) is 0.0352. The number of nitrogens with one attached hydrogen (secondary N) is 5. The van der Waals surface area contributed by atoms with Gasteiger partial charge in [0, 0.05) is 81.9 Å². The fourth-order valence-corrected chi connectivity index (χ4v) is 11.2. The second-order valence-corrected chi connectivity index (χ2v) is 21.8. The molecule has 12 rings (SSSR count). The number of aliphatic hydroxyl groups excluding tert-OH is 3. The van der Waals surface area contributed by atoms with Crippen molar-refractivity contribution in [3.8, 4) is 0 Å². The van der Waals surface area contributed by atoms with Crippen LogP contribution in [0.3, 0.4) is 0 Å². The van der Waals surface area contributed by atoms with E-state index in [1.807, 2.05) is 194 Å². The summed E-state index contributed by atoms with van der Waals surface area (Å²) < 4.78 is 40.5. The van der Waals surface area contributed by atoms with Crippen LogP contribution < -0.4 is 16.4 Å². The van der Waals surface area contributed by atoms with Crippen molar-refractivity contribution in [1.82, 2.24) is 25.6 Å². The smallest absolute Gasteiger partial charge is 0.304 e. The van der Waals surface area contributed by atoms with Gasteiger partial charge in [0.05, 0.1) is 44.4 Å². The first-order chi connectivity index (χ1) is 44.3. The third-order valence-electron chi connectivity index (χ3n) is 15.8. The Labute approximate surface area is 525 Å². The average Bonchev–Trinajstić information content (AvgIpc) is 1.75. The standard InChI is InChI=1S/2C25H23FN2O2.C17H14FNO2.C8H11NO/c2*26-19-11-12-20-22(15-27-23(20)13-19)21(17-7-3-1-4-8-17)14-25(30)28-24(16-29)18-9-5-2-6-10-18;18-12-6-7-13-15(10-19-16(13)8-12)14(9-17(20)21)11-4-2-1-3-5-11;9-8(6-10)7-4-2-1-3-5-7/h2*1-13,15,21,24,27,29H,14,16H2,(H,28,30);1-8,10,14,19H,9H2,(H,20,21);1-5,8,10H,6,9H2/t2*21?,24-;;8-/m00.0/s1. The summed E-state index contributed by atoms with van der Waals surface area (Å²) in [6.45, 7) is -0.361. The van der Waals surface area contributed by atoms with E-state index in [1.165, 1.54) is 36.4 Å². The van der Waals surface area contributed by atoms with Crippen LogP contribution in [0.15, 0.2) is 255 Å². The Bertz CT molecular complexity index is 4050. The minimum Gasteiger partial charge on any atom is -0.481 e. The van der Waals surface area contributed by atoms with Crippen LogP contribution in [0.1, 0.15) is 105 Å². The number of hydrogen-bond acceptors (Lipinski definition) is 7. The van der Waals surface area contributed by atoms with Gasteiger partial charge in [-0.05, 0) is 105 Å². The highest BCUT2D eigenvalue weighted by atomic mass is 19.1. The number of halogens is 3. The second-order valence-electron chi connectivity index (χ2n) is 21.8. The van der Waals surface area contributed by atoms with Gasteiger partial charge >= 0.3 is 5.97 Å². The molecule has 0 saturated heterocycles. The normalized spacial score (nSPS) is 13.0. The van der Waals surface area contributed by atoms with Gasteiger partial charge in [-0.2, -0.15) is 0 Å². The van der Waals surface area contributed by atoms with E-state index in [-0.39, 0.29) is 92.1 Å². The SMILES string of the molecule is N[C@@H](CO)c1ccccc1.O=C(CC(c1ccccc1)c1c[nH]c2cc(F)ccc12)N[C@@H](CO)c1ccccc1.O=C(CC(c1ccccc1)c1c[nH]c2cc(F)ccc12)N[C@@H](CO)c1ccccc1.O=C(O)CC(c1ccccc1)c1c[nH]c2cc(F)ccc12. The zero-order valence-electron chi connectivity index (χ0n) is 49.7. The number of aliphatic carboxylic acids is 1. The Morgan fingerprint density at radius 3 is 0.923 bits per heavy atom. The van der Waals surface area contributed by atoms with E-state index in [2.05, 4.69) is 25.6 Å². The van der Waals surface area contributed by atoms with Crippen molar-refractivity contribution in [3.63, 3.8) is 0 Å². The number of H-pyrrole nitrogens is 3. The van der Waals surface area contributed by atoms with Crippen LogP contribution in [0.25, 0.3) is 32.7 Å². The van der Waals surface area contributed by atoms with Gasteiger partial charge in [-0.15, -0.1) is 0 Å². The molecule has 11 N–H and O–H groups in total. The number of fused-ring (bicyclic) bond motifs is 3. The number of carboxylic acids is 1. The largest absolute Gasteiger partial charge is 0.481 e. The van der Waals surface area contributed by atoms with Gasteiger partial charge in [-0.25, -0.2) is 13.2 Å². The number of hydrogen-bond donors (Lipinski definition) is 10. The third-order valence-corrected chi connectivity index (χ3v) is 15.8. The van der Waals surface area contributed by atoms with Crippen molar-refractivity contribution in [2.24, 2.45) is 5.73 Å². The summed E-state index contributed by atoms with van der Waals surface area (Å²) in [4.78, 5) is 46.4. The van der Waals surface area contributed by atoms with Crippen molar-refractivity contribution in [3.05, 3.63) is 323 Å². The molecule has 9 aromatic carbocycles. The summed E-state index contributed by atoms with van der Waals surface area (Å²) in [6, 6.07) is 70.0. The van der Waals surface area contributed by atoms with Crippen molar-refractivity contribution in [1.29, 1.82) is 0 Å². The van der Waals surface area contributed by atoms with Gasteiger partial charge in [0.15, 0.2) is 0 Å². The summed E-state index contributed by atoms with van der Waals surface area (Å²) in [5, 5.41) is 45.9. The topological polar surface area (TPSA) is 230 Å². The molecule has 0 aliphatic rings. The maximum Gasteiger partial charge on any atom is 0.304 e. The molecule has 464 valence electrons. The Kier molecular flexibility index (Phi) is 23.0. The van der Waals surface area contributed by atoms with E-state index in [0.29, 0.717) is 16.6 Å². The van der Waals surface area contributed by atoms with Gasteiger partial charge < -0.3 is 51.7 Å². The highest BCUT2D eigenvalue weighted by molar-refractivity contribution is 5.88. The molecule has 0 fully saturated rings. The number of benzene rings is 9. The molecular weight excluding hydrogens is 1150 g/mol. The highest BCUT2D eigenvalue weighted by Gasteiger charge is 2.26. The highest BCUT2D eigenvalue weighted by Crippen LogP contribution is 2.37. The van der Waals surface area contributed by atoms with E-state index >= 15 is 0 Å². The lowest BCUT2D eigenvalue weighted by Gasteiger charge is -2.21. The zero-order valence-corrected chi connectivity index (χ0v) is 49.7. The molecule has 12 aromatic rings. The fourth-order valence-electron chi connectivity index (χ4n) is 11.2. The molecule has 0 spiro atoms. The number of rotatable bonds is 20. The summed E-state index contributed by atoms with van der Waals surface area (Å²) in [5.41, 5.74) is 16.0. The molecule has 0 saturated carbocycles. The van der Waals surface area contributed by atoms with Crippen LogP contribution in [-0.2, 0) is 14.4 Å². The second kappa shape index (κ2) is 32.2. The van der Waals surface area contributed by atoms with Crippen molar-refractivity contribution in [2.45, 2.75) is 55.1 Å². The van der Waals surface area contributed by atoms with E-state index in [9.17, 15) is 42.9 Å². The molecule has 0 aliphatic carbocycles. The Hall–Kier alpha value is -10.4. The Balaban J connectivity index is 0.000000152. The van der Waals surface area contributed by atoms with E-state index in [4.69, 9.17) is 10.8 Å². The van der Waals surface area contributed by atoms with Gasteiger partial charge in [0.1, 0.15) is 17.5 Å². The first kappa shape index (κ1) is 65.1. The van der Waals surface area contributed by atoms with Crippen LogP contribution in [0.4, 0.5) is 13.2 Å². The van der Waals surface area contributed by atoms with E-state index in [0.717, 1.165) is 66.2 Å². The summed E-state index contributed by atoms with van der Waals surface area (Å²) in [7, 11) is 0. The van der Waals surface area contributed by atoms with Crippen LogP contribution in [0, 0.1) is 17.5 Å². The molecule has 6 atom stereocenters. The zero-order chi connectivity index (χ0) is 64.1. The number of carbonyl (C=O) groups excluding carboxylic acids is 2. The van der Waals surface area contributed by atoms with Crippen LogP contribution in [0.5, 0.6) is 0 Å². The number of aromatic amines is 3.